The number of aliphatic hydroxyl groups is 1. The third kappa shape index (κ3) is 8.12. The van der Waals surface area contributed by atoms with Gasteiger partial charge in [0.15, 0.2) is 0 Å². The van der Waals surface area contributed by atoms with Gasteiger partial charge in [0.1, 0.15) is 0 Å². The Hall–Kier alpha value is -0.0800. The molecule has 0 fully saturated rings. The molecule has 0 aliphatic heterocycles. The molecule has 0 saturated carbocycles. The Morgan fingerprint density at radius 2 is 1.62 bits per heavy atom. The van der Waals surface area contributed by atoms with Crippen molar-refractivity contribution >= 4 is 0 Å². The lowest BCUT2D eigenvalue weighted by atomic mass is 9.86. The predicted octanol–water partition coefficient (Wildman–Crippen LogP) is 3.33. The molecule has 0 aliphatic carbocycles. The number of aliphatic hydroxyl groups excluding tert-OH is 1. The largest absolute Gasteiger partial charge is 0.396 e. The molecule has 0 spiro atoms. The Bertz CT molecular complexity index is 139. The molecule has 0 bridgehead atoms. The first-order chi connectivity index (χ1) is 7.76. The molecule has 0 aliphatic rings. The molecular formula is C14H31NO. The van der Waals surface area contributed by atoms with Crippen LogP contribution < -0.4 is 5.73 Å². The van der Waals surface area contributed by atoms with Crippen LogP contribution in [0.5, 0.6) is 0 Å². The number of unbranched alkanes of at least 4 members (excludes halogenated alkanes) is 4. The second kappa shape index (κ2) is 11.4. The first-order valence-corrected chi connectivity index (χ1v) is 7.07. The van der Waals surface area contributed by atoms with Gasteiger partial charge in [0.25, 0.3) is 0 Å². The molecule has 0 amide bonds. The van der Waals surface area contributed by atoms with Gasteiger partial charge in [0.05, 0.1) is 0 Å². The van der Waals surface area contributed by atoms with Gasteiger partial charge in [0.2, 0.25) is 0 Å². The molecule has 0 radical (unpaired) electrons. The zero-order valence-corrected chi connectivity index (χ0v) is 11.3. The second-order valence-electron chi connectivity index (χ2n) is 5.04. The normalized spacial score (nSPS) is 15.0. The Morgan fingerprint density at radius 3 is 2.19 bits per heavy atom. The second-order valence-corrected chi connectivity index (χ2v) is 5.04. The third-order valence-corrected chi connectivity index (χ3v) is 3.58. The zero-order valence-electron chi connectivity index (χ0n) is 11.3. The Morgan fingerprint density at radius 1 is 1.00 bits per heavy atom. The lowest BCUT2D eigenvalue weighted by molar-refractivity contribution is 0.280. The van der Waals surface area contributed by atoms with Crippen LogP contribution in [-0.2, 0) is 0 Å². The van der Waals surface area contributed by atoms with Gasteiger partial charge in [-0.05, 0) is 31.2 Å². The van der Waals surface area contributed by atoms with Crippen LogP contribution in [0.1, 0.15) is 65.2 Å². The molecule has 0 aromatic carbocycles. The molecule has 2 nitrogen and oxygen atoms in total. The molecular weight excluding hydrogens is 198 g/mol. The fourth-order valence-corrected chi connectivity index (χ4v) is 2.37. The molecule has 3 N–H and O–H groups in total. The average Bonchev–Trinajstić information content (AvgIpc) is 2.28. The van der Waals surface area contributed by atoms with Gasteiger partial charge in [-0.3, -0.25) is 0 Å². The Kier molecular flexibility index (Phi) is 11.3. The van der Waals surface area contributed by atoms with Crippen molar-refractivity contribution in [1.29, 1.82) is 0 Å². The van der Waals surface area contributed by atoms with E-state index in [4.69, 9.17) is 10.8 Å². The van der Waals surface area contributed by atoms with Crippen LogP contribution in [0.2, 0.25) is 0 Å². The van der Waals surface area contributed by atoms with E-state index in [1.807, 2.05) is 0 Å². The van der Waals surface area contributed by atoms with E-state index in [-0.39, 0.29) is 0 Å². The predicted molar refractivity (Wildman–Crippen MR) is 71.4 cm³/mol. The Labute approximate surface area is 102 Å². The van der Waals surface area contributed by atoms with E-state index in [1.165, 1.54) is 44.9 Å². The lowest BCUT2D eigenvalue weighted by Crippen LogP contribution is -2.21. The number of rotatable bonds is 11. The first kappa shape index (κ1) is 15.9. The highest BCUT2D eigenvalue weighted by Crippen LogP contribution is 2.22. The smallest absolute Gasteiger partial charge is 0.0431 e. The van der Waals surface area contributed by atoms with Crippen molar-refractivity contribution in [2.75, 3.05) is 13.2 Å². The minimum absolute atomic E-state index is 0.346. The van der Waals surface area contributed by atoms with Crippen molar-refractivity contribution < 1.29 is 5.11 Å². The summed E-state index contributed by atoms with van der Waals surface area (Å²) in [5, 5.41) is 8.66. The van der Waals surface area contributed by atoms with E-state index >= 15 is 0 Å². The van der Waals surface area contributed by atoms with Crippen molar-refractivity contribution in [3.05, 3.63) is 0 Å². The van der Waals surface area contributed by atoms with E-state index in [2.05, 4.69) is 13.8 Å². The van der Waals surface area contributed by atoms with Crippen LogP contribution in [0.4, 0.5) is 0 Å². The summed E-state index contributed by atoms with van der Waals surface area (Å²) in [7, 11) is 0. The highest BCUT2D eigenvalue weighted by molar-refractivity contribution is 4.67. The van der Waals surface area contributed by atoms with Crippen molar-refractivity contribution in [1.82, 2.24) is 0 Å². The summed E-state index contributed by atoms with van der Waals surface area (Å²) in [6.45, 7) is 5.78. The maximum absolute atomic E-state index is 8.66. The SMILES string of the molecule is CCCC(C)C(CN)CCCCCCCO. The molecule has 2 atom stereocenters. The molecule has 0 rings (SSSR count). The van der Waals surface area contributed by atoms with Crippen LogP contribution in [0, 0.1) is 11.8 Å². The van der Waals surface area contributed by atoms with Gasteiger partial charge < -0.3 is 10.8 Å². The first-order valence-electron chi connectivity index (χ1n) is 7.07. The van der Waals surface area contributed by atoms with E-state index in [0.717, 1.165) is 24.8 Å². The van der Waals surface area contributed by atoms with Gasteiger partial charge in [-0.25, -0.2) is 0 Å². The minimum Gasteiger partial charge on any atom is -0.396 e. The van der Waals surface area contributed by atoms with Crippen molar-refractivity contribution in [3.8, 4) is 0 Å². The third-order valence-electron chi connectivity index (χ3n) is 3.58. The maximum Gasteiger partial charge on any atom is 0.0431 e. The van der Waals surface area contributed by atoms with Gasteiger partial charge in [-0.1, -0.05) is 52.4 Å². The fraction of sp³-hybridized carbons (Fsp3) is 1.00. The van der Waals surface area contributed by atoms with E-state index in [0.29, 0.717) is 6.61 Å². The molecule has 98 valence electrons. The maximum atomic E-state index is 8.66. The van der Waals surface area contributed by atoms with Crippen LogP contribution in [0.15, 0.2) is 0 Å². The van der Waals surface area contributed by atoms with Crippen LogP contribution in [-0.4, -0.2) is 18.3 Å². The van der Waals surface area contributed by atoms with E-state index in [9.17, 15) is 0 Å². The van der Waals surface area contributed by atoms with E-state index < -0.39 is 0 Å². The quantitative estimate of drug-likeness (QED) is 0.534. The fourth-order valence-electron chi connectivity index (χ4n) is 2.37. The molecule has 0 heterocycles. The minimum atomic E-state index is 0.346. The monoisotopic (exact) mass is 229 g/mol. The zero-order chi connectivity index (χ0) is 12.2. The highest BCUT2D eigenvalue weighted by Gasteiger charge is 2.14. The lowest BCUT2D eigenvalue weighted by Gasteiger charge is -2.22. The van der Waals surface area contributed by atoms with Crippen LogP contribution in [0.25, 0.3) is 0 Å². The summed E-state index contributed by atoms with van der Waals surface area (Å²) in [5.74, 6) is 1.50. The number of hydrogen-bond donors (Lipinski definition) is 2. The number of hydrogen-bond acceptors (Lipinski definition) is 2. The van der Waals surface area contributed by atoms with Gasteiger partial charge in [-0.15, -0.1) is 0 Å². The van der Waals surface area contributed by atoms with Gasteiger partial charge >= 0.3 is 0 Å². The summed E-state index contributed by atoms with van der Waals surface area (Å²) in [5.41, 5.74) is 5.83. The summed E-state index contributed by atoms with van der Waals surface area (Å²) >= 11 is 0. The summed E-state index contributed by atoms with van der Waals surface area (Å²) in [6, 6.07) is 0. The summed E-state index contributed by atoms with van der Waals surface area (Å²) in [6.07, 6.45) is 9.88. The molecule has 16 heavy (non-hydrogen) atoms. The topological polar surface area (TPSA) is 46.2 Å². The van der Waals surface area contributed by atoms with Gasteiger partial charge in [-0.2, -0.15) is 0 Å². The van der Waals surface area contributed by atoms with Crippen molar-refractivity contribution in [3.63, 3.8) is 0 Å². The van der Waals surface area contributed by atoms with Crippen LogP contribution >= 0.6 is 0 Å². The molecule has 2 unspecified atom stereocenters. The highest BCUT2D eigenvalue weighted by atomic mass is 16.2. The van der Waals surface area contributed by atoms with Crippen molar-refractivity contribution in [2.24, 2.45) is 17.6 Å². The standard InChI is InChI=1S/C14H31NO/c1-3-9-13(2)14(12-15)10-7-5-4-6-8-11-16/h13-14,16H,3-12,15H2,1-2H3. The molecule has 0 aromatic heterocycles. The molecule has 0 aromatic rings. The molecule has 0 saturated heterocycles. The Balaban J connectivity index is 3.47. The molecule has 2 heteroatoms. The summed E-state index contributed by atoms with van der Waals surface area (Å²) in [4.78, 5) is 0. The van der Waals surface area contributed by atoms with E-state index in [1.54, 1.807) is 0 Å². The summed E-state index contributed by atoms with van der Waals surface area (Å²) < 4.78 is 0. The number of nitrogens with two attached hydrogens (primary N) is 1. The van der Waals surface area contributed by atoms with Gasteiger partial charge in [0, 0.05) is 6.61 Å². The van der Waals surface area contributed by atoms with Crippen molar-refractivity contribution in [2.45, 2.75) is 65.2 Å². The van der Waals surface area contributed by atoms with Crippen LogP contribution in [0.3, 0.4) is 0 Å². The average molecular weight is 229 g/mol.